The molecule has 1 heterocycles. The fourth-order valence-electron chi connectivity index (χ4n) is 0.831. The Balaban J connectivity index is 2.65. The number of rotatable bonds is 3. The van der Waals surface area contributed by atoms with E-state index in [4.69, 9.17) is 0 Å². The summed E-state index contributed by atoms with van der Waals surface area (Å²) in [5, 5.41) is 2.42. The number of pyridine rings is 1. The molecule has 1 rings (SSSR count). The molecular weight excluding hydrogens is 203 g/mol. The van der Waals surface area contributed by atoms with Crippen LogP contribution in [0.25, 0.3) is 0 Å². The van der Waals surface area contributed by atoms with Crippen molar-refractivity contribution in [1.29, 1.82) is 0 Å². The number of amides is 1. The van der Waals surface area contributed by atoms with Gasteiger partial charge in [0.05, 0.1) is 23.3 Å². The summed E-state index contributed by atoms with van der Waals surface area (Å²) in [6.07, 6.45) is 4.34. The normalized spacial score (nSPS) is 12.2. The number of hydrogen-bond donors (Lipinski definition) is 1. The highest BCUT2D eigenvalue weighted by Crippen LogP contribution is 2.11. The van der Waals surface area contributed by atoms with Crippen LogP contribution < -0.4 is 5.32 Å². The molecule has 0 aliphatic carbocycles. The number of carbonyl (C=O) groups excluding carboxylic acids is 1. The second-order valence-electron chi connectivity index (χ2n) is 2.76. The van der Waals surface area contributed by atoms with E-state index in [1.807, 2.05) is 6.26 Å². The molecule has 14 heavy (non-hydrogen) atoms. The lowest BCUT2D eigenvalue weighted by Crippen LogP contribution is -2.22. The highest BCUT2D eigenvalue weighted by Gasteiger charge is 2.11. The first-order chi connectivity index (χ1) is 6.63. The summed E-state index contributed by atoms with van der Waals surface area (Å²) in [6, 6.07) is 1.23. The van der Waals surface area contributed by atoms with Crippen molar-refractivity contribution in [3.05, 3.63) is 24.3 Å². The van der Waals surface area contributed by atoms with Crippen LogP contribution in [-0.4, -0.2) is 22.4 Å². The molecule has 76 valence electrons. The molecule has 0 spiro atoms. The maximum Gasteiger partial charge on any atom is 0.237 e. The van der Waals surface area contributed by atoms with Gasteiger partial charge in [-0.3, -0.25) is 9.78 Å². The van der Waals surface area contributed by atoms with E-state index in [0.717, 1.165) is 6.20 Å². The number of aromatic nitrogens is 1. The molecule has 0 aromatic carbocycles. The van der Waals surface area contributed by atoms with Gasteiger partial charge in [0.2, 0.25) is 5.91 Å². The second kappa shape index (κ2) is 4.95. The van der Waals surface area contributed by atoms with E-state index in [-0.39, 0.29) is 11.2 Å². The van der Waals surface area contributed by atoms with Crippen molar-refractivity contribution in [3.8, 4) is 0 Å². The van der Waals surface area contributed by atoms with Crippen molar-refractivity contribution in [3.63, 3.8) is 0 Å². The van der Waals surface area contributed by atoms with Gasteiger partial charge in [-0.15, -0.1) is 0 Å². The summed E-state index contributed by atoms with van der Waals surface area (Å²) in [7, 11) is 0. The largest absolute Gasteiger partial charge is 0.324 e. The zero-order valence-electron chi connectivity index (χ0n) is 7.95. The lowest BCUT2D eigenvalue weighted by Gasteiger charge is -2.08. The smallest absolute Gasteiger partial charge is 0.237 e. The van der Waals surface area contributed by atoms with Crippen LogP contribution in [0.3, 0.4) is 0 Å². The van der Waals surface area contributed by atoms with Crippen LogP contribution in [0.15, 0.2) is 18.5 Å². The highest BCUT2D eigenvalue weighted by atomic mass is 32.2. The van der Waals surface area contributed by atoms with E-state index >= 15 is 0 Å². The molecule has 0 unspecified atom stereocenters. The molecule has 5 heteroatoms. The molecule has 0 bridgehead atoms. The van der Waals surface area contributed by atoms with Crippen LogP contribution in [0, 0.1) is 5.82 Å². The topological polar surface area (TPSA) is 42.0 Å². The summed E-state index contributed by atoms with van der Waals surface area (Å²) < 4.78 is 12.7. The molecule has 0 saturated heterocycles. The van der Waals surface area contributed by atoms with Gasteiger partial charge in [0, 0.05) is 6.07 Å². The number of halogens is 1. The number of carbonyl (C=O) groups is 1. The third-order valence-electron chi connectivity index (χ3n) is 1.70. The van der Waals surface area contributed by atoms with E-state index in [1.54, 1.807) is 6.92 Å². The first kappa shape index (κ1) is 11.0. The van der Waals surface area contributed by atoms with E-state index < -0.39 is 5.82 Å². The Kier molecular flexibility index (Phi) is 3.88. The van der Waals surface area contributed by atoms with Crippen molar-refractivity contribution in [1.82, 2.24) is 4.98 Å². The summed E-state index contributed by atoms with van der Waals surface area (Å²) in [6.45, 7) is 1.78. The number of thioether (sulfide) groups is 1. The molecule has 0 radical (unpaired) electrons. The molecule has 0 aliphatic rings. The zero-order chi connectivity index (χ0) is 10.6. The van der Waals surface area contributed by atoms with Crippen molar-refractivity contribution >= 4 is 23.4 Å². The Morgan fingerprint density at radius 1 is 1.64 bits per heavy atom. The Hall–Kier alpha value is -1.10. The van der Waals surface area contributed by atoms with E-state index in [9.17, 15) is 9.18 Å². The molecule has 1 aromatic heterocycles. The first-order valence-electron chi connectivity index (χ1n) is 4.07. The zero-order valence-corrected chi connectivity index (χ0v) is 8.77. The minimum Gasteiger partial charge on any atom is -0.324 e. The Morgan fingerprint density at radius 3 is 2.93 bits per heavy atom. The second-order valence-corrected chi connectivity index (χ2v) is 3.94. The average Bonchev–Trinajstić information content (AvgIpc) is 2.16. The monoisotopic (exact) mass is 214 g/mol. The highest BCUT2D eigenvalue weighted by molar-refractivity contribution is 7.99. The number of nitrogens with zero attached hydrogens (tertiary/aromatic N) is 1. The van der Waals surface area contributed by atoms with Gasteiger partial charge in [0.15, 0.2) is 0 Å². The minimum atomic E-state index is -0.459. The number of anilines is 1. The summed E-state index contributed by atoms with van der Waals surface area (Å²) in [5.74, 6) is -0.607. The predicted octanol–water partition coefficient (Wildman–Crippen LogP) is 1.91. The Morgan fingerprint density at radius 2 is 2.36 bits per heavy atom. The van der Waals surface area contributed by atoms with Gasteiger partial charge < -0.3 is 5.32 Å². The van der Waals surface area contributed by atoms with E-state index in [2.05, 4.69) is 10.3 Å². The minimum absolute atomic E-state index is 0.148. The van der Waals surface area contributed by atoms with Crippen LogP contribution in [0.4, 0.5) is 10.1 Å². The van der Waals surface area contributed by atoms with Gasteiger partial charge in [-0.2, -0.15) is 11.8 Å². The molecule has 1 aromatic rings. The molecule has 3 nitrogen and oxygen atoms in total. The Bertz CT molecular complexity index is 332. The van der Waals surface area contributed by atoms with Crippen LogP contribution in [0.1, 0.15) is 6.92 Å². The lowest BCUT2D eigenvalue weighted by atomic mass is 10.3. The molecule has 1 atom stereocenters. The molecule has 1 amide bonds. The van der Waals surface area contributed by atoms with Crippen molar-refractivity contribution < 1.29 is 9.18 Å². The molecule has 0 fully saturated rings. The van der Waals surface area contributed by atoms with Gasteiger partial charge in [0.25, 0.3) is 0 Å². The average molecular weight is 214 g/mol. The molecular formula is C9H11FN2OS. The summed E-state index contributed by atoms with van der Waals surface area (Å²) in [4.78, 5) is 15.0. The van der Waals surface area contributed by atoms with E-state index in [1.165, 1.54) is 24.0 Å². The molecule has 0 aliphatic heterocycles. The lowest BCUT2D eigenvalue weighted by molar-refractivity contribution is -0.115. The van der Waals surface area contributed by atoms with Crippen LogP contribution >= 0.6 is 11.8 Å². The standard InChI is InChI=1S/C9H11FN2OS/c1-6(14-2)9(13)12-8-3-7(10)4-11-5-8/h3-6H,1-2H3,(H,12,13)/t6-/m1/s1. The first-order valence-corrected chi connectivity index (χ1v) is 5.36. The van der Waals surface area contributed by atoms with Gasteiger partial charge in [-0.1, -0.05) is 0 Å². The van der Waals surface area contributed by atoms with Gasteiger partial charge in [-0.25, -0.2) is 4.39 Å². The third kappa shape index (κ3) is 2.99. The van der Waals surface area contributed by atoms with Gasteiger partial charge in [0.1, 0.15) is 5.82 Å². The maximum atomic E-state index is 12.7. The van der Waals surface area contributed by atoms with Gasteiger partial charge >= 0.3 is 0 Å². The quantitative estimate of drug-likeness (QED) is 0.835. The fourth-order valence-corrected chi connectivity index (χ4v) is 1.10. The molecule has 0 saturated carbocycles. The van der Waals surface area contributed by atoms with Crippen molar-refractivity contribution in [2.45, 2.75) is 12.2 Å². The predicted molar refractivity (Wildman–Crippen MR) is 55.8 cm³/mol. The van der Waals surface area contributed by atoms with Crippen molar-refractivity contribution in [2.24, 2.45) is 0 Å². The summed E-state index contributed by atoms with van der Waals surface area (Å²) >= 11 is 1.43. The third-order valence-corrected chi connectivity index (χ3v) is 2.62. The summed E-state index contributed by atoms with van der Waals surface area (Å²) in [5.41, 5.74) is 0.385. The number of hydrogen-bond acceptors (Lipinski definition) is 3. The van der Waals surface area contributed by atoms with Crippen LogP contribution in [0.5, 0.6) is 0 Å². The Labute approximate surface area is 86.1 Å². The van der Waals surface area contributed by atoms with Gasteiger partial charge in [-0.05, 0) is 13.2 Å². The van der Waals surface area contributed by atoms with Crippen molar-refractivity contribution in [2.75, 3.05) is 11.6 Å². The fraction of sp³-hybridized carbons (Fsp3) is 0.333. The van der Waals surface area contributed by atoms with Crippen LogP contribution in [-0.2, 0) is 4.79 Å². The van der Waals surface area contributed by atoms with Crippen LogP contribution in [0.2, 0.25) is 0 Å². The SMILES string of the molecule is CS[C@H](C)C(=O)Nc1cncc(F)c1. The molecule has 1 N–H and O–H groups in total. The number of nitrogens with one attached hydrogen (secondary N) is 1. The van der Waals surface area contributed by atoms with E-state index in [0.29, 0.717) is 5.69 Å². The maximum absolute atomic E-state index is 12.7.